The van der Waals surface area contributed by atoms with E-state index in [2.05, 4.69) is 43.8 Å². The van der Waals surface area contributed by atoms with Crippen LogP contribution in [0.1, 0.15) is 141 Å². The summed E-state index contributed by atoms with van der Waals surface area (Å²) in [6.45, 7) is 8.11. The minimum Gasteiger partial charge on any atom is -0.205 e. The quantitative estimate of drug-likeness (QED) is 0.151. The fourth-order valence-electron chi connectivity index (χ4n) is 4.30. The molecule has 0 aliphatic heterocycles. The lowest BCUT2D eigenvalue weighted by Crippen LogP contribution is -2.34. The molecule has 0 bridgehead atoms. The van der Waals surface area contributed by atoms with Gasteiger partial charge >= 0.3 is 0 Å². The van der Waals surface area contributed by atoms with Crippen LogP contribution >= 0.6 is 0 Å². The fourth-order valence-corrected chi connectivity index (χ4v) is 4.30. The van der Waals surface area contributed by atoms with Crippen LogP contribution in [0.3, 0.4) is 0 Å². The van der Waals surface area contributed by atoms with Gasteiger partial charge in [-0.15, -0.1) is 0 Å². The summed E-state index contributed by atoms with van der Waals surface area (Å²) in [5.41, 5.74) is 3.16. The highest BCUT2D eigenvalue weighted by Gasteiger charge is 2.08. The van der Waals surface area contributed by atoms with Gasteiger partial charge in [-0.05, 0) is 38.2 Å². The molecule has 1 nitrogen and oxygen atoms in total. The molecule has 0 unspecified atom stereocenters. The van der Waals surface area contributed by atoms with E-state index in [0.29, 0.717) is 0 Å². The molecule has 0 saturated heterocycles. The van der Waals surface area contributed by atoms with Gasteiger partial charge in [0.1, 0.15) is 6.54 Å². The van der Waals surface area contributed by atoms with Crippen molar-refractivity contribution in [1.82, 2.24) is 0 Å². The molecule has 0 saturated carbocycles. The first-order chi connectivity index (χ1) is 14.3. The van der Waals surface area contributed by atoms with Gasteiger partial charge in [-0.3, -0.25) is 0 Å². The van der Waals surface area contributed by atoms with Gasteiger partial charge in [0.2, 0.25) is 0 Å². The molecular formula is C28H52N+. The van der Waals surface area contributed by atoms with Crippen LogP contribution in [-0.4, -0.2) is 0 Å². The Bertz CT molecular complexity index is 445. The summed E-state index contributed by atoms with van der Waals surface area (Å²) in [5.74, 6) is 0. The van der Waals surface area contributed by atoms with Gasteiger partial charge in [0.05, 0.1) is 0 Å². The monoisotopic (exact) mass is 402 g/mol. The second-order valence-electron chi connectivity index (χ2n) is 9.24. The molecule has 1 aromatic heterocycles. The Morgan fingerprint density at radius 2 is 0.862 bits per heavy atom. The third-order valence-electron chi connectivity index (χ3n) is 6.19. The molecule has 0 fully saturated rings. The first kappa shape index (κ1) is 26.2. The molecule has 0 aliphatic carbocycles. The van der Waals surface area contributed by atoms with Crippen molar-refractivity contribution in [3.8, 4) is 0 Å². The molecule has 168 valence electrons. The van der Waals surface area contributed by atoms with Crippen LogP contribution in [0.2, 0.25) is 0 Å². The van der Waals surface area contributed by atoms with Crippen LogP contribution in [0, 0.1) is 0 Å². The molecule has 0 spiro atoms. The number of hydrogen-bond donors (Lipinski definition) is 0. The second-order valence-corrected chi connectivity index (χ2v) is 9.24. The average molecular weight is 403 g/mol. The number of hydrogen-bond acceptors (Lipinski definition) is 0. The van der Waals surface area contributed by atoms with Crippen molar-refractivity contribution >= 4 is 0 Å². The Labute approximate surface area is 183 Å². The lowest BCUT2D eigenvalue weighted by Gasteiger charge is -2.07. The minimum atomic E-state index is 1.21. The molecule has 0 atom stereocenters. The maximum Gasteiger partial charge on any atom is 0.171 e. The third kappa shape index (κ3) is 14.7. The van der Waals surface area contributed by atoms with Gasteiger partial charge in [-0.2, -0.15) is 0 Å². The van der Waals surface area contributed by atoms with E-state index in [9.17, 15) is 0 Å². The molecule has 1 heteroatoms. The lowest BCUT2D eigenvalue weighted by molar-refractivity contribution is -0.698. The standard InChI is InChI=1S/C28H52N/c1-4-7-10-13-15-18-21-27-24-28(22-19-16-14-11-8-5-2)26-29(25-27)23-20-17-12-9-6-3/h24-26H,4-23H2,1-3H3/q+1. The predicted molar refractivity (Wildman–Crippen MR) is 130 cm³/mol. The Hall–Kier alpha value is -0.850. The van der Waals surface area contributed by atoms with Crippen LogP contribution in [0.4, 0.5) is 0 Å². The molecule has 1 aromatic rings. The van der Waals surface area contributed by atoms with Gasteiger partial charge < -0.3 is 0 Å². The van der Waals surface area contributed by atoms with Crippen molar-refractivity contribution in [2.24, 2.45) is 0 Å². The van der Waals surface area contributed by atoms with Gasteiger partial charge in [0, 0.05) is 17.5 Å². The van der Waals surface area contributed by atoms with Crippen LogP contribution in [0.25, 0.3) is 0 Å². The Morgan fingerprint density at radius 3 is 1.31 bits per heavy atom. The number of aromatic nitrogens is 1. The van der Waals surface area contributed by atoms with Gasteiger partial charge in [0.15, 0.2) is 12.4 Å². The predicted octanol–water partition coefficient (Wildman–Crippen LogP) is 8.75. The van der Waals surface area contributed by atoms with E-state index in [-0.39, 0.29) is 0 Å². The van der Waals surface area contributed by atoms with Gasteiger partial charge in [-0.1, -0.05) is 104 Å². The first-order valence-corrected chi connectivity index (χ1v) is 13.3. The smallest absolute Gasteiger partial charge is 0.171 e. The molecule has 1 rings (SSSR count). The molecule has 1 heterocycles. The molecule has 0 radical (unpaired) electrons. The largest absolute Gasteiger partial charge is 0.205 e. The Balaban J connectivity index is 2.48. The minimum absolute atomic E-state index is 1.21. The highest BCUT2D eigenvalue weighted by Crippen LogP contribution is 2.13. The SMILES string of the molecule is CCCCCCCCc1cc(CCCCCCCC)c[n+](CCCCCCC)c1. The second kappa shape index (κ2) is 19.1. The maximum atomic E-state index is 2.52. The van der Waals surface area contributed by atoms with E-state index in [1.807, 2.05) is 0 Å². The summed E-state index contributed by atoms with van der Waals surface area (Å²) in [6.07, 6.45) is 31.0. The maximum absolute atomic E-state index is 2.52. The number of aryl methyl sites for hydroxylation is 3. The first-order valence-electron chi connectivity index (χ1n) is 13.3. The van der Waals surface area contributed by atoms with Crippen LogP contribution < -0.4 is 4.57 Å². The van der Waals surface area contributed by atoms with Gasteiger partial charge in [-0.25, -0.2) is 4.57 Å². The zero-order chi connectivity index (χ0) is 21.0. The summed E-state index contributed by atoms with van der Waals surface area (Å²) < 4.78 is 2.52. The molecular weight excluding hydrogens is 350 g/mol. The van der Waals surface area contributed by atoms with E-state index in [1.54, 1.807) is 11.1 Å². The van der Waals surface area contributed by atoms with E-state index in [0.717, 1.165) is 0 Å². The molecule has 0 aliphatic rings. The molecule has 29 heavy (non-hydrogen) atoms. The average Bonchev–Trinajstić information content (AvgIpc) is 2.73. The number of rotatable bonds is 20. The van der Waals surface area contributed by atoms with Crippen LogP contribution in [0.5, 0.6) is 0 Å². The zero-order valence-corrected chi connectivity index (χ0v) is 20.3. The van der Waals surface area contributed by atoms with Crippen LogP contribution in [-0.2, 0) is 19.4 Å². The molecule has 0 N–H and O–H groups in total. The van der Waals surface area contributed by atoms with Crippen molar-refractivity contribution in [3.63, 3.8) is 0 Å². The number of nitrogens with zero attached hydrogens (tertiary/aromatic N) is 1. The van der Waals surface area contributed by atoms with Crippen molar-refractivity contribution in [3.05, 3.63) is 29.6 Å². The molecule has 0 aromatic carbocycles. The molecule has 0 amide bonds. The summed E-state index contributed by atoms with van der Waals surface area (Å²) in [6, 6.07) is 2.52. The summed E-state index contributed by atoms with van der Waals surface area (Å²) in [7, 11) is 0. The summed E-state index contributed by atoms with van der Waals surface area (Å²) in [4.78, 5) is 0. The van der Waals surface area contributed by atoms with Crippen LogP contribution in [0.15, 0.2) is 18.5 Å². The van der Waals surface area contributed by atoms with Crippen molar-refractivity contribution < 1.29 is 4.57 Å². The van der Waals surface area contributed by atoms with E-state index >= 15 is 0 Å². The topological polar surface area (TPSA) is 3.88 Å². The van der Waals surface area contributed by atoms with Crippen molar-refractivity contribution in [2.45, 2.75) is 149 Å². The Morgan fingerprint density at radius 1 is 0.483 bits per heavy atom. The summed E-state index contributed by atoms with van der Waals surface area (Å²) in [5, 5.41) is 0. The van der Waals surface area contributed by atoms with E-state index in [4.69, 9.17) is 0 Å². The number of unbranched alkanes of at least 4 members (excludes halogenated alkanes) is 14. The third-order valence-corrected chi connectivity index (χ3v) is 6.19. The van der Waals surface area contributed by atoms with Crippen molar-refractivity contribution in [2.75, 3.05) is 0 Å². The highest BCUT2D eigenvalue weighted by atomic mass is 14.9. The lowest BCUT2D eigenvalue weighted by atomic mass is 10.0. The van der Waals surface area contributed by atoms with E-state index < -0.39 is 0 Å². The fraction of sp³-hybridized carbons (Fsp3) is 0.821. The normalized spacial score (nSPS) is 11.3. The summed E-state index contributed by atoms with van der Waals surface area (Å²) >= 11 is 0. The van der Waals surface area contributed by atoms with E-state index in [1.165, 1.54) is 129 Å². The number of pyridine rings is 1. The zero-order valence-electron chi connectivity index (χ0n) is 20.3. The van der Waals surface area contributed by atoms with Crippen molar-refractivity contribution in [1.29, 1.82) is 0 Å². The van der Waals surface area contributed by atoms with Gasteiger partial charge in [0.25, 0.3) is 0 Å². The highest BCUT2D eigenvalue weighted by molar-refractivity contribution is 5.15. The Kier molecular flexibility index (Phi) is 17.3.